The molecule has 5 aromatic rings. The number of benzene rings is 3. The predicted octanol–water partition coefficient (Wildman–Crippen LogP) is 6.86. The Morgan fingerprint density at radius 1 is 0.842 bits per heavy atom. The summed E-state index contributed by atoms with van der Waals surface area (Å²) in [7, 11) is 0. The molecule has 1 saturated heterocycles. The van der Waals surface area contributed by atoms with E-state index in [1.165, 1.54) is 10.1 Å². The molecule has 0 radical (unpaired) electrons. The van der Waals surface area contributed by atoms with Gasteiger partial charge in [-0.1, -0.05) is 83.9 Å². The summed E-state index contributed by atoms with van der Waals surface area (Å²) in [6.45, 7) is 1.37. The zero-order chi connectivity index (χ0) is 26.1. The van der Waals surface area contributed by atoms with E-state index >= 15 is 0 Å². The SMILES string of the molecule is O=C(c1nnc2cc(-c3ccc(Cl)cc3)c(-c3ccccc3Cl)nn12)N1CCC(Cc2ccccc2)CC1. The van der Waals surface area contributed by atoms with Crippen molar-refractivity contribution in [3.05, 3.63) is 106 Å². The Labute approximate surface area is 230 Å². The molecular formula is C30H25Cl2N5O. The van der Waals surface area contributed by atoms with E-state index in [1.54, 1.807) is 0 Å². The van der Waals surface area contributed by atoms with Crippen LogP contribution in [0.1, 0.15) is 29.0 Å². The molecule has 1 aliphatic heterocycles. The van der Waals surface area contributed by atoms with Crippen LogP contribution in [0.25, 0.3) is 28.0 Å². The third-order valence-electron chi connectivity index (χ3n) is 7.14. The second-order valence-corrected chi connectivity index (χ2v) is 10.5. The summed E-state index contributed by atoms with van der Waals surface area (Å²) < 4.78 is 1.54. The molecule has 0 spiro atoms. The maximum Gasteiger partial charge on any atom is 0.293 e. The van der Waals surface area contributed by atoms with Crippen molar-refractivity contribution in [3.63, 3.8) is 0 Å². The lowest BCUT2D eigenvalue weighted by Crippen LogP contribution is -2.39. The Kier molecular flexibility index (Phi) is 6.83. The van der Waals surface area contributed by atoms with Gasteiger partial charge in [-0.15, -0.1) is 10.2 Å². The van der Waals surface area contributed by atoms with Crippen molar-refractivity contribution in [1.29, 1.82) is 0 Å². The first-order chi connectivity index (χ1) is 18.6. The molecule has 3 heterocycles. The first-order valence-electron chi connectivity index (χ1n) is 12.7. The smallest absolute Gasteiger partial charge is 0.293 e. The van der Waals surface area contributed by atoms with Crippen LogP contribution in [0, 0.1) is 5.92 Å². The van der Waals surface area contributed by atoms with Gasteiger partial charge in [0, 0.05) is 29.2 Å². The molecule has 0 aliphatic carbocycles. The minimum absolute atomic E-state index is 0.160. The highest BCUT2D eigenvalue weighted by atomic mass is 35.5. The van der Waals surface area contributed by atoms with Gasteiger partial charge in [-0.05, 0) is 60.6 Å². The van der Waals surface area contributed by atoms with Crippen LogP contribution in [0.3, 0.4) is 0 Å². The van der Waals surface area contributed by atoms with Gasteiger partial charge in [-0.3, -0.25) is 4.79 Å². The van der Waals surface area contributed by atoms with Gasteiger partial charge >= 0.3 is 0 Å². The van der Waals surface area contributed by atoms with E-state index in [-0.39, 0.29) is 11.7 Å². The first kappa shape index (κ1) is 24.6. The van der Waals surface area contributed by atoms with Gasteiger partial charge in [0.25, 0.3) is 5.91 Å². The number of carbonyl (C=O) groups is 1. The average Bonchev–Trinajstić information content (AvgIpc) is 3.37. The third-order valence-corrected chi connectivity index (χ3v) is 7.72. The second kappa shape index (κ2) is 10.6. The highest BCUT2D eigenvalue weighted by Gasteiger charge is 2.28. The fraction of sp³-hybridized carbons (Fsp3) is 0.200. The average molecular weight is 542 g/mol. The second-order valence-electron chi connectivity index (χ2n) is 9.61. The summed E-state index contributed by atoms with van der Waals surface area (Å²) in [5, 5.41) is 14.7. The fourth-order valence-corrected chi connectivity index (χ4v) is 5.45. The highest BCUT2D eigenvalue weighted by Crippen LogP contribution is 2.35. The molecule has 8 heteroatoms. The lowest BCUT2D eigenvalue weighted by atomic mass is 9.90. The normalized spacial score (nSPS) is 14.2. The van der Waals surface area contributed by atoms with Gasteiger partial charge in [-0.2, -0.15) is 9.61 Å². The van der Waals surface area contributed by atoms with Crippen LogP contribution in [-0.4, -0.2) is 43.7 Å². The molecule has 190 valence electrons. The topological polar surface area (TPSA) is 63.4 Å². The molecule has 0 bridgehead atoms. The van der Waals surface area contributed by atoms with Gasteiger partial charge in [0.05, 0.1) is 5.02 Å². The van der Waals surface area contributed by atoms with E-state index in [4.69, 9.17) is 28.3 Å². The van der Waals surface area contributed by atoms with Crippen LogP contribution in [0.15, 0.2) is 84.9 Å². The van der Waals surface area contributed by atoms with Crippen molar-refractivity contribution < 1.29 is 4.79 Å². The van der Waals surface area contributed by atoms with Crippen molar-refractivity contribution in [2.75, 3.05) is 13.1 Å². The van der Waals surface area contributed by atoms with E-state index in [9.17, 15) is 4.79 Å². The fourth-order valence-electron chi connectivity index (χ4n) is 5.10. The van der Waals surface area contributed by atoms with E-state index in [0.717, 1.165) is 36.0 Å². The molecule has 3 aromatic carbocycles. The van der Waals surface area contributed by atoms with Crippen molar-refractivity contribution in [1.82, 2.24) is 24.7 Å². The molecule has 1 fully saturated rings. The summed E-state index contributed by atoms with van der Waals surface area (Å²) in [5.74, 6) is 0.605. The summed E-state index contributed by atoms with van der Waals surface area (Å²) in [4.78, 5) is 15.4. The zero-order valence-corrected chi connectivity index (χ0v) is 22.1. The molecule has 0 atom stereocenters. The Morgan fingerprint density at radius 2 is 1.55 bits per heavy atom. The molecule has 0 saturated carbocycles. The minimum Gasteiger partial charge on any atom is -0.336 e. The lowest BCUT2D eigenvalue weighted by molar-refractivity contribution is 0.0675. The number of fused-ring (bicyclic) bond motifs is 1. The number of halogens is 2. The van der Waals surface area contributed by atoms with Crippen molar-refractivity contribution in [2.45, 2.75) is 19.3 Å². The molecule has 38 heavy (non-hydrogen) atoms. The Morgan fingerprint density at radius 3 is 2.29 bits per heavy atom. The number of hydrogen-bond acceptors (Lipinski definition) is 4. The largest absolute Gasteiger partial charge is 0.336 e. The standard InChI is InChI=1S/C30H25Cl2N5O/c31-23-12-10-22(11-13-23)25-19-27-33-34-29(37(27)35-28(25)24-8-4-5-9-26(24)32)30(38)36-16-14-21(15-17-36)18-20-6-2-1-3-7-20/h1-13,19,21H,14-18H2. The van der Waals surface area contributed by atoms with Gasteiger partial charge in [-0.25, -0.2) is 0 Å². The molecule has 6 nitrogen and oxygen atoms in total. The zero-order valence-electron chi connectivity index (χ0n) is 20.6. The number of piperidine rings is 1. The molecule has 1 amide bonds. The first-order valence-corrected chi connectivity index (χ1v) is 13.4. The van der Waals surface area contributed by atoms with Gasteiger partial charge in [0.2, 0.25) is 5.82 Å². The van der Waals surface area contributed by atoms with Crippen molar-refractivity contribution in [2.24, 2.45) is 5.92 Å². The quantitative estimate of drug-likeness (QED) is 0.244. The number of nitrogens with zero attached hydrogens (tertiary/aromatic N) is 5. The third kappa shape index (κ3) is 4.89. The summed E-state index contributed by atoms with van der Waals surface area (Å²) in [6.07, 6.45) is 2.94. The molecule has 0 N–H and O–H groups in total. The molecule has 6 rings (SSSR count). The van der Waals surface area contributed by atoms with Crippen LogP contribution >= 0.6 is 23.2 Å². The van der Waals surface area contributed by atoms with E-state index < -0.39 is 0 Å². The van der Waals surface area contributed by atoms with Crippen LogP contribution in [0.4, 0.5) is 0 Å². The maximum absolute atomic E-state index is 13.6. The highest BCUT2D eigenvalue weighted by molar-refractivity contribution is 6.33. The number of likely N-dealkylation sites (tertiary alicyclic amines) is 1. The Bertz CT molecular complexity index is 1590. The summed E-state index contributed by atoms with van der Waals surface area (Å²) >= 11 is 12.7. The summed E-state index contributed by atoms with van der Waals surface area (Å²) in [5.41, 5.74) is 4.98. The van der Waals surface area contributed by atoms with Crippen LogP contribution in [0.2, 0.25) is 10.0 Å². The summed E-state index contributed by atoms with van der Waals surface area (Å²) in [6, 6.07) is 27.5. The molecule has 0 unspecified atom stereocenters. The van der Waals surface area contributed by atoms with Gasteiger partial charge in [0.1, 0.15) is 5.69 Å². The number of amides is 1. The minimum atomic E-state index is -0.160. The van der Waals surface area contributed by atoms with Crippen molar-refractivity contribution in [3.8, 4) is 22.4 Å². The molecule has 1 aliphatic rings. The maximum atomic E-state index is 13.6. The van der Waals surface area contributed by atoms with Gasteiger partial charge in [0.15, 0.2) is 5.65 Å². The number of carbonyl (C=O) groups excluding carboxylic acids is 1. The molecular weight excluding hydrogens is 517 g/mol. The number of rotatable bonds is 5. The van der Waals surface area contributed by atoms with Crippen LogP contribution in [-0.2, 0) is 6.42 Å². The molecule has 2 aromatic heterocycles. The van der Waals surface area contributed by atoms with E-state index in [1.807, 2.05) is 65.6 Å². The Balaban J connectivity index is 1.32. The Hall–Kier alpha value is -3.74. The number of hydrogen-bond donors (Lipinski definition) is 0. The van der Waals surface area contributed by atoms with Crippen LogP contribution in [0.5, 0.6) is 0 Å². The monoisotopic (exact) mass is 541 g/mol. The van der Waals surface area contributed by atoms with Crippen molar-refractivity contribution >= 4 is 34.8 Å². The van der Waals surface area contributed by atoms with Gasteiger partial charge < -0.3 is 4.90 Å². The predicted molar refractivity (Wildman–Crippen MR) is 150 cm³/mol. The number of aromatic nitrogens is 4. The van der Waals surface area contributed by atoms with E-state index in [2.05, 4.69) is 34.5 Å². The van der Waals surface area contributed by atoms with Crippen LogP contribution < -0.4 is 0 Å². The lowest BCUT2D eigenvalue weighted by Gasteiger charge is -2.31. The van der Waals surface area contributed by atoms with E-state index in [0.29, 0.717) is 40.4 Å².